The molecule has 1 fully saturated rings. The summed E-state index contributed by atoms with van der Waals surface area (Å²) in [5, 5.41) is 3.15. The third kappa shape index (κ3) is 4.72. The van der Waals surface area contributed by atoms with E-state index in [1.165, 1.54) is 10.5 Å². The molecule has 1 amide bonds. The number of nitrogens with one attached hydrogen (secondary N) is 1. The molecule has 4 rings (SSSR count). The molecule has 1 aliphatic heterocycles. The van der Waals surface area contributed by atoms with Gasteiger partial charge in [-0.15, -0.1) is 11.8 Å². The van der Waals surface area contributed by atoms with Crippen LogP contribution >= 0.6 is 11.8 Å². The Kier molecular flexibility index (Phi) is 6.33. The van der Waals surface area contributed by atoms with Crippen molar-refractivity contribution in [1.29, 1.82) is 0 Å². The van der Waals surface area contributed by atoms with Crippen molar-refractivity contribution < 1.29 is 9.53 Å². The van der Waals surface area contributed by atoms with E-state index in [0.717, 1.165) is 17.0 Å². The molecule has 0 saturated carbocycles. The zero-order valence-electron chi connectivity index (χ0n) is 16.3. The molecule has 0 unspecified atom stereocenters. The fourth-order valence-electron chi connectivity index (χ4n) is 3.74. The van der Waals surface area contributed by atoms with Gasteiger partial charge in [-0.25, -0.2) is 0 Å². The first kappa shape index (κ1) is 19.7. The number of thioether (sulfide) groups is 1. The summed E-state index contributed by atoms with van der Waals surface area (Å²) < 4.78 is 5.54. The minimum atomic E-state index is -0.526. The van der Waals surface area contributed by atoms with Crippen LogP contribution in [-0.4, -0.2) is 19.1 Å². The van der Waals surface area contributed by atoms with Crippen LogP contribution in [0.2, 0.25) is 0 Å². The summed E-state index contributed by atoms with van der Waals surface area (Å²) in [6, 6.07) is 28.6. The second kappa shape index (κ2) is 9.29. The predicted octanol–water partition coefficient (Wildman–Crippen LogP) is 5.67. The molecule has 3 nitrogen and oxygen atoms in total. The summed E-state index contributed by atoms with van der Waals surface area (Å²) >= 11 is 1.81. The SMILES string of the molecule is O=C(Nc1ccc(CSc2ccccc2)cc1)C1(c2ccccc2)CCOCC1. The van der Waals surface area contributed by atoms with Crippen molar-refractivity contribution in [2.45, 2.75) is 28.9 Å². The van der Waals surface area contributed by atoms with E-state index in [9.17, 15) is 4.79 Å². The van der Waals surface area contributed by atoms with Crippen LogP contribution in [0.1, 0.15) is 24.0 Å². The van der Waals surface area contributed by atoms with Crippen molar-refractivity contribution >= 4 is 23.4 Å². The molecular weight excluding hydrogens is 378 g/mol. The van der Waals surface area contributed by atoms with Crippen molar-refractivity contribution in [3.8, 4) is 0 Å². The molecule has 4 heteroatoms. The standard InChI is InChI=1S/C25H25NO2S/c27-24(25(15-17-28-18-16-25)21-7-3-1-4-8-21)26-22-13-11-20(12-14-22)19-29-23-9-5-2-6-10-23/h1-14H,15-19H2,(H,26,27). The van der Waals surface area contributed by atoms with E-state index in [0.29, 0.717) is 26.1 Å². The first-order valence-corrected chi connectivity index (χ1v) is 11.0. The third-order valence-corrected chi connectivity index (χ3v) is 6.55. The average Bonchev–Trinajstić information content (AvgIpc) is 2.80. The molecule has 0 aliphatic carbocycles. The summed E-state index contributed by atoms with van der Waals surface area (Å²) in [5.41, 5.74) is 2.61. The van der Waals surface area contributed by atoms with Gasteiger partial charge in [-0.05, 0) is 48.2 Å². The number of carbonyl (C=O) groups is 1. The molecule has 29 heavy (non-hydrogen) atoms. The van der Waals surface area contributed by atoms with Gasteiger partial charge in [0, 0.05) is 29.5 Å². The highest BCUT2D eigenvalue weighted by atomic mass is 32.2. The van der Waals surface area contributed by atoms with Crippen LogP contribution in [0.5, 0.6) is 0 Å². The highest BCUT2D eigenvalue weighted by Gasteiger charge is 2.41. The molecule has 0 aromatic heterocycles. The number of benzene rings is 3. The van der Waals surface area contributed by atoms with E-state index in [4.69, 9.17) is 4.74 Å². The molecule has 3 aromatic rings. The third-order valence-electron chi connectivity index (χ3n) is 5.47. The van der Waals surface area contributed by atoms with Crippen molar-refractivity contribution in [3.63, 3.8) is 0 Å². The van der Waals surface area contributed by atoms with Gasteiger partial charge >= 0.3 is 0 Å². The fourth-order valence-corrected chi connectivity index (χ4v) is 4.62. The summed E-state index contributed by atoms with van der Waals surface area (Å²) in [6.07, 6.45) is 1.41. The predicted molar refractivity (Wildman–Crippen MR) is 119 cm³/mol. The molecular formula is C25H25NO2S. The van der Waals surface area contributed by atoms with Crippen LogP contribution < -0.4 is 5.32 Å². The second-order valence-electron chi connectivity index (χ2n) is 7.31. The van der Waals surface area contributed by atoms with E-state index in [1.54, 1.807) is 0 Å². The van der Waals surface area contributed by atoms with Crippen LogP contribution in [0.25, 0.3) is 0 Å². The van der Waals surface area contributed by atoms with E-state index in [2.05, 4.69) is 53.8 Å². The Balaban J connectivity index is 1.44. The maximum atomic E-state index is 13.3. The van der Waals surface area contributed by atoms with Gasteiger partial charge in [-0.1, -0.05) is 60.7 Å². The minimum absolute atomic E-state index is 0.0541. The highest BCUT2D eigenvalue weighted by molar-refractivity contribution is 7.98. The van der Waals surface area contributed by atoms with E-state index >= 15 is 0 Å². The van der Waals surface area contributed by atoms with Gasteiger partial charge in [0.25, 0.3) is 0 Å². The molecule has 3 aromatic carbocycles. The molecule has 0 radical (unpaired) electrons. The van der Waals surface area contributed by atoms with Crippen molar-refractivity contribution in [1.82, 2.24) is 0 Å². The summed E-state index contributed by atoms with van der Waals surface area (Å²) in [6.45, 7) is 1.22. The maximum Gasteiger partial charge on any atom is 0.235 e. The lowest BCUT2D eigenvalue weighted by Gasteiger charge is -2.36. The van der Waals surface area contributed by atoms with Gasteiger partial charge in [0.15, 0.2) is 0 Å². The Morgan fingerprint density at radius 1 is 0.862 bits per heavy atom. The van der Waals surface area contributed by atoms with E-state index < -0.39 is 5.41 Å². The van der Waals surface area contributed by atoms with Crippen molar-refractivity contribution in [2.24, 2.45) is 0 Å². The normalized spacial score (nSPS) is 15.6. The average molecular weight is 404 g/mol. The molecule has 0 spiro atoms. The minimum Gasteiger partial charge on any atom is -0.381 e. The Bertz CT molecular complexity index is 920. The molecule has 1 heterocycles. The smallest absolute Gasteiger partial charge is 0.235 e. The largest absolute Gasteiger partial charge is 0.381 e. The summed E-state index contributed by atoms with van der Waals surface area (Å²) in [4.78, 5) is 14.6. The summed E-state index contributed by atoms with van der Waals surface area (Å²) in [5.74, 6) is 0.960. The van der Waals surface area contributed by atoms with Crippen molar-refractivity contribution in [2.75, 3.05) is 18.5 Å². The van der Waals surface area contributed by atoms with Gasteiger partial charge in [-0.3, -0.25) is 4.79 Å². The Hall–Kier alpha value is -2.56. The molecule has 0 atom stereocenters. The van der Waals surface area contributed by atoms with Gasteiger partial charge in [0.1, 0.15) is 0 Å². The number of amides is 1. The highest BCUT2D eigenvalue weighted by Crippen LogP contribution is 2.36. The van der Waals surface area contributed by atoms with Crippen LogP contribution in [0.4, 0.5) is 5.69 Å². The number of hydrogen-bond acceptors (Lipinski definition) is 3. The second-order valence-corrected chi connectivity index (χ2v) is 8.36. The first-order chi connectivity index (χ1) is 14.3. The quantitative estimate of drug-likeness (QED) is 0.539. The van der Waals surface area contributed by atoms with Crippen molar-refractivity contribution in [3.05, 3.63) is 96.1 Å². The van der Waals surface area contributed by atoms with Gasteiger partial charge in [0.2, 0.25) is 5.91 Å². The van der Waals surface area contributed by atoms with E-state index in [-0.39, 0.29) is 5.91 Å². The van der Waals surface area contributed by atoms with Gasteiger partial charge < -0.3 is 10.1 Å². The Morgan fingerprint density at radius 2 is 1.48 bits per heavy atom. The van der Waals surface area contributed by atoms with Gasteiger partial charge in [0.05, 0.1) is 5.41 Å². The first-order valence-electron chi connectivity index (χ1n) is 9.98. The zero-order valence-corrected chi connectivity index (χ0v) is 17.2. The molecule has 1 saturated heterocycles. The number of rotatable bonds is 6. The number of ether oxygens (including phenoxy) is 1. The van der Waals surface area contributed by atoms with Gasteiger partial charge in [-0.2, -0.15) is 0 Å². The maximum absolute atomic E-state index is 13.3. The summed E-state index contributed by atoms with van der Waals surface area (Å²) in [7, 11) is 0. The lowest BCUT2D eigenvalue weighted by molar-refractivity contribution is -0.125. The number of anilines is 1. The fraction of sp³-hybridized carbons (Fsp3) is 0.240. The van der Waals surface area contributed by atoms with Crippen LogP contribution in [0.15, 0.2) is 89.8 Å². The molecule has 148 valence electrons. The van der Waals surface area contributed by atoms with Crippen LogP contribution in [-0.2, 0) is 20.7 Å². The lowest BCUT2D eigenvalue weighted by Crippen LogP contribution is -2.44. The van der Waals surface area contributed by atoms with Crippen LogP contribution in [0.3, 0.4) is 0 Å². The molecule has 1 N–H and O–H groups in total. The molecule has 0 bridgehead atoms. The number of carbonyl (C=O) groups excluding carboxylic acids is 1. The lowest BCUT2D eigenvalue weighted by atomic mass is 9.73. The van der Waals surface area contributed by atoms with Crippen LogP contribution in [0, 0.1) is 0 Å². The topological polar surface area (TPSA) is 38.3 Å². The Labute approximate surface area is 176 Å². The number of hydrogen-bond donors (Lipinski definition) is 1. The van der Waals surface area contributed by atoms with E-state index in [1.807, 2.05) is 48.2 Å². The Morgan fingerprint density at radius 3 is 2.14 bits per heavy atom. The zero-order chi connectivity index (χ0) is 19.9. The monoisotopic (exact) mass is 403 g/mol. The molecule has 1 aliphatic rings.